The number of hydrogen-bond acceptors (Lipinski definition) is 4. The molecule has 92 valence electrons. The fourth-order valence-corrected chi connectivity index (χ4v) is 1.82. The van der Waals surface area contributed by atoms with Crippen LogP contribution in [0.25, 0.3) is 22.6 Å². The Labute approximate surface area is 109 Å². The summed E-state index contributed by atoms with van der Waals surface area (Å²) in [5.74, 6) is 1.19. The standard InChI is InChI=1S/C15H10N2O2/c16-8-9-18-12-6-7-14-13(10-12)17-15(19-14)11-4-2-1-3-5-11/h1-7,10H,9H2. The zero-order valence-corrected chi connectivity index (χ0v) is 10.0. The van der Waals surface area contributed by atoms with Gasteiger partial charge in [-0.2, -0.15) is 5.26 Å². The first-order chi connectivity index (χ1) is 9.36. The van der Waals surface area contributed by atoms with Gasteiger partial charge in [-0.25, -0.2) is 4.98 Å². The van der Waals surface area contributed by atoms with Crippen LogP contribution in [0.2, 0.25) is 0 Å². The van der Waals surface area contributed by atoms with Crippen molar-refractivity contribution >= 4 is 11.1 Å². The van der Waals surface area contributed by atoms with Crippen molar-refractivity contribution in [1.82, 2.24) is 4.98 Å². The summed E-state index contributed by atoms with van der Waals surface area (Å²) in [4.78, 5) is 4.42. The summed E-state index contributed by atoms with van der Waals surface area (Å²) in [5, 5.41) is 8.48. The predicted octanol–water partition coefficient (Wildman–Crippen LogP) is 3.40. The summed E-state index contributed by atoms with van der Waals surface area (Å²) in [6.07, 6.45) is 0. The van der Waals surface area contributed by atoms with E-state index in [9.17, 15) is 0 Å². The lowest BCUT2D eigenvalue weighted by Gasteiger charge is -1.98. The van der Waals surface area contributed by atoms with Gasteiger partial charge in [0.25, 0.3) is 0 Å². The van der Waals surface area contributed by atoms with Crippen molar-refractivity contribution in [3.05, 3.63) is 48.5 Å². The molecular formula is C15H10N2O2. The summed E-state index contributed by atoms with van der Waals surface area (Å²) in [6.45, 7) is 0.0227. The van der Waals surface area contributed by atoms with Crippen LogP contribution in [-0.2, 0) is 0 Å². The van der Waals surface area contributed by atoms with E-state index in [1.54, 1.807) is 18.2 Å². The molecule has 1 aromatic heterocycles. The number of nitriles is 1. The van der Waals surface area contributed by atoms with Crippen molar-refractivity contribution in [2.24, 2.45) is 0 Å². The lowest BCUT2D eigenvalue weighted by Crippen LogP contribution is -1.92. The van der Waals surface area contributed by atoms with Crippen LogP contribution in [0.5, 0.6) is 5.75 Å². The number of hydrogen-bond donors (Lipinski definition) is 0. The van der Waals surface area contributed by atoms with Crippen LogP contribution in [0.1, 0.15) is 0 Å². The zero-order valence-electron chi connectivity index (χ0n) is 10.0. The van der Waals surface area contributed by atoms with Gasteiger partial charge >= 0.3 is 0 Å². The molecule has 0 spiro atoms. The highest BCUT2D eigenvalue weighted by atomic mass is 16.5. The van der Waals surface area contributed by atoms with E-state index in [0.717, 1.165) is 5.56 Å². The van der Waals surface area contributed by atoms with Gasteiger partial charge in [-0.1, -0.05) is 18.2 Å². The van der Waals surface area contributed by atoms with Crippen molar-refractivity contribution in [2.75, 3.05) is 6.61 Å². The van der Waals surface area contributed by atoms with Gasteiger partial charge in [-0.05, 0) is 24.3 Å². The third-order valence-electron chi connectivity index (χ3n) is 2.68. The maximum Gasteiger partial charge on any atom is 0.227 e. The molecule has 3 aromatic rings. The average Bonchev–Trinajstić information content (AvgIpc) is 2.89. The van der Waals surface area contributed by atoms with Crippen molar-refractivity contribution in [2.45, 2.75) is 0 Å². The molecule has 0 aliphatic rings. The van der Waals surface area contributed by atoms with Crippen molar-refractivity contribution in [1.29, 1.82) is 5.26 Å². The van der Waals surface area contributed by atoms with E-state index < -0.39 is 0 Å². The Kier molecular flexibility index (Phi) is 2.87. The zero-order chi connectivity index (χ0) is 13.1. The minimum Gasteiger partial charge on any atom is -0.479 e. The molecule has 0 atom stereocenters. The minimum atomic E-state index is 0.0227. The first-order valence-electron chi connectivity index (χ1n) is 5.82. The lowest BCUT2D eigenvalue weighted by atomic mass is 10.2. The fourth-order valence-electron chi connectivity index (χ4n) is 1.82. The predicted molar refractivity (Wildman–Crippen MR) is 70.6 cm³/mol. The summed E-state index contributed by atoms with van der Waals surface area (Å²) in [7, 11) is 0. The molecule has 3 rings (SSSR count). The molecule has 4 heteroatoms. The summed E-state index contributed by atoms with van der Waals surface area (Å²) < 4.78 is 10.9. The molecule has 0 radical (unpaired) electrons. The average molecular weight is 250 g/mol. The number of fused-ring (bicyclic) bond motifs is 1. The summed E-state index contributed by atoms with van der Waals surface area (Å²) in [6, 6.07) is 17.0. The molecule has 0 N–H and O–H groups in total. The van der Waals surface area contributed by atoms with E-state index in [0.29, 0.717) is 22.7 Å². The Hall–Kier alpha value is -2.80. The van der Waals surface area contributed by atoms with Gasteiger partial charge in [-0.15, -0.1) is 0 Å². The molecule has 1 heterocycles. The van der Waals surface area contributed by atoms with Crippen LogP contribution in [0.3, 0.4) is 0 Å². The number of benzene rings is 2. The van der Waals surface area contributed by atoms with Gasteiger partial charge in [0.15, 0.2) is 12.2 Å². The van der Waals surface area contributed by atoms with Crippen LogP contribution in [-0.4, -0.2) is 11.6 Å². The smallest absolute Gasteiger partial charge is 0.227 e. The molecule has 2 aromatic carbocycles. The number of ether oxygens (including phenoxy) is 1. The first-order valence-corrected chi connectivity index (χ1v) is 5.82. The number of aromatic nitrogens is 1. The second-order valence-electron chi connectivity index (χ2n) is 3.96. The third-order valence-corrected chi connectivity index (χ3v) is 2.68. The Bertz CT molecular complexity index is 742. The SMILES string of the molecule is N#CCOc1ccc2oc(-c3ccccc3)nc2c1. The normalized spacial score (nSPS) is 10.3. The Balaban J connectivity index is 2.00. The van der Waals surface area contributed by atoms with Crippen molar-refractivity contribution in [3.63, 3.8) is 0 Å². The largest absolute Gasteiger partial charge is 0.479 e. The van der Waals surface area contributed by atoms with Crippen LogP contribution in [0.15, 0.2) is 52.9 Å². The highest BCUT2D eigenvalue weighted by Crippen LogP contribution is 2.26. The molecule has 0 aliphatic carbocycles. The van der Waals surface area contributed by atoms with E-state index in [-0.39, 0.29) is 6.61 Å². The Morgan fingerprint density at radius 3 is 2.79 bits per heavy atom. The fraction of sp³-hybridized carbons (Fsp3) is 0.0667. The maximum absolute atomic E-state index is 8.48. The molecule has 0 bridgehead atoms. The molecule has 0 fully saturated rings. The van der Waals surface area contributed by atoms with E-state index >= 15 is 0 Å². The van der Waals surface area contributed by atoms with Gasteiger partial charge in [0.1, 0.15) is 17.3 Å². The van der Waals surface area contributed by atoms with E-state index in [1.807, 2.05) is 36.4 Å². The third kappa shape index (κ3) is 2.26. The van der Waals surface area contributed by atoms with Crippen LogP contribution >= 0.6 is 0 Å². The van der Waals surface area contributed by atoms with E-state index in [2.05, 4.69) is 4.98 Å². The molecule has 0 amide bonds. The van der Waals surface area contributed by atoms with Crippen molar-refractivity contribution in [3.8, 4) is 23.3 Å². The number of rotatable bonds is 3. The molecule has 4 nitrogen and oxygen atoms in total. The van der Waals surface area contributed by atoms with Gasteiger partial charge in [0.2, 0.25) is 5.89 Å². The quantitative estimate of drug-likeness (QED) is 0.714. The van der Waals surface area contributed by atoms with Crippen molar-refractivity contribution < 1.29 is 9.15 Å². The summed E-state index contributed by atoms with van der Waals surface area (Å²) >= 11 is 0. The molecular weight excluding hydrogens is 240 g/mol. The Morgan fingerprint density at radius 1 is 1.16 bits per heavy atom. The van der Waals surface area contributed by atoms with Gasteiger partial charge in [0.05, 0.1) is 0 Å². The second-order valence-corrected chi connectivity index (χ2v) is 3.96. The monoisotopic (exact) mass is 250 g/mol. The van der Waals surface area contributed by atoms with E-state index in [1.165, 1.54) is 0 Å². The first kappa shape index (κ1) is 11.3. The number of nitrogens with zero attached hydrogens (tertiary/aromatic N) is 2. The van der Waals surface area contributed by atoms with E-state index in [4.69, 9.17) is 14.4 Å². The maximum atomic E-state index is 8.48. The molecule has 0 aliphatic heterocycles. The molecule has 0 unspecified atom stereocenters. The van der Waals surface area contributed by atoms with Gasteiger partial charge < -0.3 is 9.15 Å². The highest BCUT2D eigenvalue weighted by Gasteiger charge is 2.08. The van der Waals surface area contributed by atoms with Gasteiger partial charge in [0, 0.05) is 11.6 Å². The molecule has 0 saturated heterocycles. The molecule has 19 heavy (non-hydrogen) atoms. The number of oxazole rings is 1. The highest BCUT2D eigenvalue weighted by molar-refractivity contribution is 5.77. The molecule has 0 saturated carbocycles. The van der Waals surface area contributed by atoms with Crippen LogP contribution in [0.4, 0.5) is 0 Å². The summed E-state index contributed by atoms with van der Waals surface area (Å²) in [5.41, 5.74) is 2.34. The topological polar surface area (TPSA) is 59.0 Å². The van der Waals surface area contributed by atoms with Gasteiger partial charge in [-0.3, -0.25) is 0 Å². The second kappa shape index (κ2) is 4.83. The minimum absolute atomic E-state index is 0.0227. The van der Waals surface area contributed by atoms with Crippen LogP contribution < -0.4 is 4.74 Å². The lowest BCUT2D eigenvalue weighted by molar-refractivity contribution is 0.368. The van der Waals surface area contributed by atoms with Crippen LogP contribution in [0, 0.1) is 11.3 Å². The Morgan fingerprint density at radius 2 is 2.00 bits per heavy atom.